The summed E-state index contributed by atoms with van der Waals surface area (Å²) >= 11 is 0. The van der Waals surface area contributed by atoms with Crippen LogP contribution in [0.25, 0.3) is 0 Å². The second-order valence-electron chi connectivity index (χ2n) is 6.46. The van der Waals surface area contributed by atoms with Gasteiger partial charge in [0.1, 0.15) is 0 Å². The number of halogens is 1. The number of rotatable bonds is 7. The summed E-state index contributed by atoms with van der Waals surface area (Å²) in [7, 11) is 0. The zero-order valence-electron chi connectivity index (χ0n) is 12.3. The highest BCUT2D eigenvalue weighted by molar-refractivity contribution is 5.85. The minimum atomic E-state index is 0. The van der Waals surface area contributed by atoms with E-state index in [4.69, 9.17) is 4.74 Å². The molecule has 2 N–H and O–H groups in total. The van der Waals surface area contributed by atoms with Gasteiger partial charge in [0.15, 0.2) is 0 Å². The Morgan fingerprint density at radius 1 is 1.35 bits per heavy atom. The monoisotopic (exact) mass is 302 g/mol. The third-order valence-electron chi connectivity index (χ3n) is 5.19. The SMILES string of the molecule is CCOC1CC(NC(=O)CNCC2CC2)C12CCC2.Cl. The molecule has 3 saturated carbocycles. The molecule has 0 aromatic rings. The van der Waals surface area contributed by atoms with Gasteiger partial charge in [0.2, 0.25) is 5.91 Å². The number of carbonyl (C=O) groups is 1. The maximum atomic E-state index is 11.9. The van der Waals surface area contributed by atoms with Crippen LogP contribution in [0.1, 0.15) is 45.4 Å². The van der Waals surface area contributed by atoms with E-state index in [0.717, 1.165) is 25.5 Å². The van der Waals surface area contributed by atoms with Crippen LogP contribution in [0.2, 0.25) is 0 Å². The fourth-order valence-electron chi connectivity index (χ4n) is 3.60. The third-order valence-corrected chi connectivity index (χ3v) is 5.19. The van der Waals surface area contributed by atoms with Gasteiger partial charge in [-0.25, -0.2) is 0 Å². The minimum Gasteiger partial charge on any atom is -0.378 e. The molecular weight excluding hydrogens is 276 g/mol. The van der Waals surface area contributed by atoms with Gasteiger partial charge >= 0.3 is 0 Å². The van der Waals surface area contributed by atoms with Crippen molar-refractivity contribution < 1.29 is 9.53 Å². The third kappa shape index (κ3) is 3.12. The fraction of sp³-hybridized carbons (Fsp3) is 0.933. The predicted octanol–water partition coefficient (Wildman–Crippen LogP) is 1.87. The minimum absolute atomic E-state index is 0. The van der Waals surface area contributed by atoms with Crippen LogP contribution in [0.5, 0.6) is 0 Å². The average Bonchev–Trinajstić information content (AvgIpc) is 3.09. The van der Waals surface area contributed by atoms with Gasteiger partial charge < -0.3 is 15.4 Å². The standard InChI is InChI=1S/C15H26N2O2.ClH/c1-2-19-13-8-12(15(13)6-3-7-15)17-14(18)10-16-9-11-4-5-11;/h11-13,16H,2-10H2,1H3,(H,17,18);1H. The van der Waals surface area contributed by atoms with Crippen molar-refractivity contribution in [3.8, 4) is 0 Å². The van der Waals surface area contributed by atoms with E-state index in [1.54, 1.807) is 0 Å². The first-order chi connectivity index (χ1) is 9.24. The normalized spacial score (nSPS) is 30.1. The summed E-state index contributed by atoms with van der Waals surface area (Å²) in [4.78, 5) is 11.9. The van der Waals surface area contributed by atoms with E-state index < -0.39 is 0 Å². The Kier molecular flexibility index (Phi) is 5.32. The second-order valence-corrected chi connectivity index (χ2v) is 6.46. The van der Waals surface area contributed by atoms with Gasteiger partial charge in [0.05, 0.1) is 12.6 Å². The summed E-state index contributed by atoms with van der Waals surface area (Å²) in [6.45, 7) is 4.32. The van der Waals surface area contributed by atoms with Crippen LogP contribution in [0.4, 0.5) is 0 Å². The first kappa shape index (κ1) is 16.1. The molecule has 2 unspecified atom stereocenters. The van der Waals surface area contributed by atoms with E-state index in [2.05, 4.69) is 17.6 Å². The van der Waals surface area contributed by atoms with Crippen LogP contribution in [0.3, 0.4) is 0 Å². The van der Waals surface area contributed by atoms with Crippen LogP contribution < -0.4 is 10.6 Å². The Morgan fingerprint density at radius 3 is 2.65 bits per heavy atom. The number of carbonyl (C=O) groups excluding carboxylic acids is 1. The molecule has 4 nitrogen and oxygen atoms in total. The quantitative estimate of drug-likeness (QED) is 0.755. The Hall–Kier alpha value is -0.320. The topological polar surface area (TPSA) is 50.4 Å². The highest BCUT2D eigenvalue weighted by Gasteiger charge is 2.59. The van der Waals surface area contributed by atoms with Gasteiger partial charge in [-0.15, -0.1) is 12.4 Å². The maximum Gasteiger partial charge on any atom is 0.234 e. The molecule has 1 amide bonds. The van der Waals surface area contributed by atoms with E-state index in [9.17, 15) is 4.79 Å². The van der Waals surface area contributed by atoms with E-state index in [-0.39, 0.29) is 23.7 Å². The van der Waals surface area contributed by atoms with E-state index >= 15 is 0 Å². The Bertz CT molecular complexity index is 343. The molecule has 3 rings (SSSR count). The molecule has 116 valence electrons. The van der Waals surface area contributed by atoms with Gasteiger partial charge in [-0.05, 0) is 51.5 Å². The van der Waals surface area contributed by atoms with Crippen molar-refractivity contribution in [2.45, 2.75) is 57.6 Å². The summed E-state index contributed by atoms with van der Waals surface area (Å²) in [6, 6.07) is 0.355. The summed E-state index contributed by atoms with van der Waals surface area (Å²) in [6.07, 6.45) is 7.78. The van der Waals surface area contributed by atoms with Crippen molar-refractivity contribution in [3.05, 3.63) is 0 Å². The number of hydrogen-bond acceptors (Lipinski definition) is 3. The first-order valence-electron chi connectivity index (χ1n) is 7.86. The lowest BCUT2D eigenvalue weighted by Gasteiger charge is -2.61. The lowest BCUT2D eigenvalue weighted by molar-refractivity contribution is -0.175. The van der Waals surface area contributed by atoms with Crippen molar-refractivity contribution in [1.29, 1.82) is 0 Å². The zero-order chi connectivity index (χ0) is 13.3. The number of ether oxygens (including phenoxy) is 1. The molecule has 3 aliphatic rings. The summed E-state index contributed by atoms with van der Waals surface area (Å²) in [5.41, 5.74) is 0.280. The molecule has 0 aromatic carbocycles. The largest absolute Gasteiger partial charge is 0.378 e. The van der Waals surface area contributed by atoms with E-state index in [0.29, 0.717) is 18.7 Å². The van der Waals surface area contributed by atoms with Crippen LogP contribution in [-0.4, -0.2) is 37.7 Å². The molecule has 3 fully saturated rings. The maximum absolute atomic E-state index is 11.9. The molecule has 5 heteroatoms. The molecule has 0 bridgehead atoms. The van der Waals surface area contributed by atoms with Gasteiger partial charge in [-0.1, -0.05) is 6.42 Å². The zero-order valence-corrected chi connectivity index (χ0v) is 13.1. The highest BCUT2D eigenvalue weighted by atomic mass is 35.5. The van der Waals surface area contributed by atoms with Gasteiger partial charge in [0.25, 0.3) is 0 Å². The molecule has 0 aliphatic heterocycles. The molecule has 0 radical (unpaired) electrons. The summed E-state index contributed by atoms with van der Waals surface area (Å²) < 4.78 is 5.80. The van der Waals surface area contributed by atoms with Crippen molar-refractivity contribution in [2.75, 3.05) is 19.7 Å². The fourth-order valence-corrected chi connectivity index (χ4v) is 3.60. The molecule has 0 saturated heterocycles. The summed E-state index contributed by atoms with van der Waals surface area (Å²) in [5.74, 6) is 0.990. The average molecular weight is 303 g/mol. The van der Waals surface area contributed by atoms with Gasteiger partial charge in [-0.2, -0.15) is 0 Å². The number of nitrogens with one attached hydrogen (secondary N) is 2. The van der Waals surface area contributed by atoms with E-state index in [1.165, 1.54) is 32.1 Å². The Morgan fingerprint density at radius 2 is 2.10 bits per heavy atom. The molecule has 20 heavy (non-hydrogen) atoms. The number of hydrogen-bond donors (Lipinski definition) is 2. The van der Waals surface area contributed by atoms with Crippen molar-refractivity contribution >= 4 is 18.3 Å². The lowest BCUT2D eigenvalue weighted by atomic mass is 9.51. The lowest BCUT2D eigenvalue weighted by Crippen LogP contribution is -2.68. The second kappa shape index (κ2) is 6.63. The van der Waals surface area contributed by atoms with Crippen LogP contribution in [-0.2, 0) is 9.53 Å². The highest BCUT2D eigenvalue weighted by Crippen LogP contribution is 2.57. The smallest absolute Gasteiger partial charge is 0.234 e. The van der Waals surface area contributed by atoms with Gasteiger partial charge in [-0.3, -0.25) is 4.79 Å². The van der Waals surface area contributed by atoms with Crippen molar-refractivity contribution in [1.82, 2.24) is 10.6 Å². The molecular formula is C15H27ClN2O2. The predicted molar refractivity (Wildman–Crippen MR) is 81.1 cm³/mol. The van der Waals surface area contributed by atoms with Gasteiger partial charge in [0, 0.05) is 18.1 Å². The molecule has 1 spiro atoms. The molecule has 2 atom stereocenters. The van der Waals surface area contributed by atoms with Crippen molar-refractivity contribution in [3.63, 3.8) is 0 Å². The van der Waals surface area contributed by atoms with E-state index in [1.807, 2.05) is 0 Å². The first-order valence-corrected chi connectivity index (χ1v) is 7.86. The van der Waals surface area contributed by atoms with Crippen LogP contribution >= 0.6 is 12.4 Å². The summed E-state index contributed by atoms with van der Waals surface area (Å²) in [5, 5.41) is 6.47. The number of amides is 1. The molecule has 0 aromatic heterocycles. The Balaban J connectivity index is 0.00000147. The molecule has 0 heterocycles. The Labute approximate surface area is 127 Å². The van der Waals surface area contributed by atoms with Crippen LogP contribution in [0, 0.1) is 11.3 Å². The molecule has 3 aliphatic carbocycles. The van der Waals surface area contributed by atoms with Crippen LogP contribution in [0.15, 0.2) is 0 Å². The van der Waals surface area contributed by atoms with Crippen molar-refractivity contribution in [2.24, 2.45) is 11.3 Å².